The van der Waals surface area contributed by atoms with Gasteiger partial charge in [0.15, 0.2) is 0 Å². The first-order valence-electron chi connectivity index (χ1n) is 8.78. The number of carbonyl (C=O) groups is 2. The van der Waals surface area contributed by atoms with Crippen molar-refractivity contribution in [1.29, 1.82) is 0 Å². The summed E-state index contributed by atoms with van der Waals surface area (Å²) < 4.78 is 0. The Hall–Kier alpha value is -3.61. The largest absolute Gasteiger partial charge is 0.348 e. The summed E-state index contributed by atoms with van der Waals surface area (Å²) in [7, 11) is 3.39. The topological polar surface area (TPSA) is 88.1 Å². The van der Waals surface area contributed by atoms with Crippen LogP contribution in [0, 0.1) is 6.92 Å². The number of amides is 2. The number of nitrogens with one attached hydrogen (secondary N) is 1. The Bertz CT molecular complexity index is 985. The van der Waals surface area contributed by atoms with Crippen LogP contribution >= 0.6 is 0 Å². The summed E-state index contributed by atoms with van der Waals surface area (Å²) in [6, 6.07) is 11.0. The van der Waals surface area contributed by atoms with Crippen molar-refractivity contribution in [3.63, 3.8) is 0 Å². The van der Waals surface area contributed by atoms with Crippen LogP contribution < -0.4 is 5.32 Å². The molecule has 0 fully saturated rings. The summed E-state index contributed by atoms with van der Waals surface area (Å²) >= 11 is 0. The minimum absolute atomic E-state index is 0.150. The lowest BCUT2D eigenvalue weighted by Gasteiger charge is -2.14. The molecule has 142 valence electrons. The zero-order valence-corrected chi connectivity index (χ0v) is 16.0. The highest BCUT2D eigenvalue weighted by Gasteiger charge is 2.17. The second-order valence-corrected chi connectivity index (χ2v) is 6.50. The van der Waals surface area contributed by atoms with E-state index in [9.17, 15) is 9.59 Å². The predicted octanol–water partition coefficient (Wildman–Crippen LogP) is 2.48. The number of hydrogen-bond donors (Lipinski definition) is 1. The van der Waals surface area contributed by atoms with Crippen molar-refractivity contribution in [3.05, 3.63) is 77.5 Å². The van der Waals surface area contributed by atoms with Crippen molar-refractivity contribution in [1.82, 2.24) is 25.2 Å². The first kappa shape index (κ1) is 19.2. The molecule has 3 rings (SSSR count). The van der Waals surface area contributed by atoms with Gasteiger partial charge in [-0.25, -0.2) is 9.97 Å². The van der Waals surface area contributed by atoms with E-state index in [1.165, 1.54) is 11.1 Å². The molecular weight excluding hydrogens is 354 g/mol. The van der Waals surface area contributed by atoms with Crippen LogP contribution in [0.5, 0.6) is 0 Å². The zero-order chi connectivity index (χ0) is 20.1. The molecule has 3 aromatic rings. The zero-order valence-electron chi connectivity index (χ0n) is 16.0. The molecule has 7 heteroatoms. The van der Waals surface area contributed by atoms with Gasteiger partial charge < -0.3 is 10.2 Å². The first-order valence-corrected chi connectivity index (χ1v) is 8.78. The number of hydrogen-bond acceptors (Lipinski definition) is 5. The number of benzene rings is 1. The van der Waals surface area contributed by atoms with E-state index in [0.29, 0.717) is 29.2 Å². The molecule has 2 heterocycles. The molecule has 0 aliphatic carbocycles. The summed E-state index contributed by atoms with van der Waals surface area (Å²) in [5.41, 5.74) is 3.32. The van der Waals surface area contributed by atoms with Crippen LogP contribution in [0.15, 0.2) is 55.0 Å². The van der Waals surface area contributed by atoms with Gasteiger partial charge in [-0.3, -0.25) is 14.6 Å². The van der Waals surface area contributed by atoms with Crippen molar-refractivity contribution in [2.24, 2.45) is 0 Å². The maximum Gasteiger partial charge on any atom is 0.257 e. The Labute approximate surface area is 163 Å². The number of rotatable bonds is 5. The fourth-order valence-corrected chi connectivity index (χ4v) is 2.65. The van der Waals surface area contributed by atoms with E-state index in [2.05, 4.69) is 20.3 Å². The molecule has 1 N–H and O–H groups in total. The molecule has 0 atom stereocenters. The molecule has 2 amide bonds. The molecule has 0 spiro atoms. The van der Waals surface area contributed by atoms with Gasteiger partial charge in [0.1, 0.15) is 5.82 Å². The van der Waals surface area contributed by atoms with Crippen LogP contribution in [0.2, 0.25) is 0 Å². The van der Waals surface area contributed by atoms with Crippen molar-refractivity contribution >= 4 is 11.8 Å². The molecule has 0 saturated carbocycles. The molecule has 0 saturated heterocycles. The normalized spacial score (nSPS) is 10.4. The Kier molecular flexibility index (Phi) is 5.74. The number of pyridine rings is 1. The van der Waals surface area contributed by atoms with E-state index in [-0.39, 0.29) is 11.8 Å². The van der Waals surface area contributed by atoms with E-state index in [4.69, 9.17) is 0 Å². The lowest BCUT2D eigenvalue weighted by Crippen LogP contribution is -2.23. The van der Waals surface area contributed by atoms with E-state index >= 15 is 0 Å². The van der Waals surface area contributed by atoms with E-state index in [1.54, 1.807) is 45.5 Å². The summed E-state index contributed by atoms with van der Waals surface area (Å²) in [6.07, 6.45) is 4.71. The summed E-state index contributed by atoms with van der Waals surface area (Å²) in [5.74, 6) is 0.267. The Balaban J connectivity index is 1.77. The molecule has 0 radical (unpaired) electrons. The van der Waals surface area contributed by atoms with Gasteiger partial charge in [-0.15, -0.1) is 0 Å². The average Bonchev–Trinajstić information content (AvgIpc) is 2.72. The molecule has 1 aromatic carbocycles. The maximum absolute atomic E-state index is 12.4. The lowest BCUT2D eigenvalue weighted by molar-refractivity contribution is 0.0827. The monoisotopic (exact) mass is 375 g/mol. The second-order valence-electron chi connectivity index (χ2n) is 6.50. The fourth-order valence-electron chi connectivity index (χ4n) is 2.65. The van der Waals surface area contributed by atoms with Crippen LogP contribution in [0.3, 0.4) is 0 Å². The number of aryl methyl sites for hydroxylation is 1. The van der Waals surface area contributed by atoms with Crippen LogP contribution in [-0.4, -0.2) is 45.8 Å². The molecule has 2 aromatic heterocycles. The Morgan fingerprint density at radius 1 is 1.07 bits per heavy atom. The highest BCUT2D eigenvalue weighted by atomic mass is 16.2. The standard InChI is InChI=1S/C21H21N5O2/c1-14-23-13-18(21(28)26(2)3)19(25-14)16-8-6-15(7-9-16)11-24-20(27)17-5-4-10-22-12-17/h4-10,12-13H,11H2,1-3H3,(H,24,27). The van der Waals surface area contributed by atoms with Gasteiger partial charge in [-0.05, 0) is 24.6 Å². The molecule has 0 bridgehead atoms. The van der Waals surface area contributed by atoms with E-state index < -0.39 is 0 Å². The smallest absolute Gasteiger partial charge is 0.257 e. The van der Waals surface area contributed by atoms with Crippen molar-refractivity contribution in [2.75, 3.05) is 14.1 Å². The summed E-state index contributed by atoms with van der Waals surface area (Å²) in [6.45, 7) is 2.18. The average molecular weight is 375 g/mol. The van der Waals surface area contributed by atoms with Gasteiger partial charge >= 0.3 is 0 Å². The van der Waals surface area contributed by atoms with Crippen LogP contribution in [0.4, 0.5) is 0 Å². The quantitative estimate of drug-likeness (QED) is 0.740. The molecule has 28 heavy (non-hydrogen) atoms. The molecule has 7 nitrogen and oxygen atoms in total. The molecule has 0 aliphatic heterocycles. The fraction of sp³-hybridized carbons (Fsp3) is 0.190. The number of aromatic nitrogens is 3. The predicted molar refractivity (Wildman–Crippen MR) is 106 cm³/mol. The van der Waals surface area contributed by atoms with E-state index in [0.717, 1.165) is 11.1 Å². The summed E-state index contributed by atoms with van der Waals surface area (Å²) in [4.78, 5) is 38.6. The van der Waals surface area contributed by atoms with Crippen molar-refractivity contribution in [2.45, 2.75) is 13.5 Å². The van der Waals surface area contributed by atoms with Gasteiger partial charge in [0.05, 0.1) is 16.8 Å². The van der Waals surface area contributed by atoms with Crippen LogP contribution in [0.1, 0.15) is 32.1 Å². The lowest BCUT2D eigenvalue weighted by atomic mass is 10.0. The Morgan fingerprint density at radius 3 is 2.46 bits per heavy atom. The number of nitrogens with zero attached hydrogens (tertiary/aromatic N) is 4. The van der Waals surface area contributed by atoms with Gasteiger partial charge in [0.25, 0.3) is 11.8 Å². The van der Waals surface area contributed by atoms with E-state index in [1.807, 2.05) is 24.3 Å². The summed E-state index contributed by atoms with van der Waals surface area (Å²) in [5, 5.41) is 2.86. The Morgan fingerprint density at radius 2 is 1.82 bits per heavy atom. The molecular formula is C21H21N5O2. The van der Waals surface area contributed by atoms with Gasteiger partial charge in [0, 0.05) is 44.8 Å². The van der Waals surface area contributed by atoms with Crippen molar-refractivity contribution in [3.8, 4) is 11.3 Å². The maximum atomic E-state index is 12.4. The minimum Gasteiger partial charge on any atom is -0.348 e. The van der Waals surface area contributed by atoms with Crippen molar-refractivity contribution < 1.29 is 9.59 Å². The van der Waals surface area contributed by atoms with Gasteiger partial charge in [-0.1, -0.05) is 24.3 Å². The highest BCUT2D eigenvalue weighted by molar-refractivity contribution is 5.99. The first-order chi connectivity index (χ1) is 13.5. The minimum atomic E-state index is -0.178. The van der Waals surface area contributed by atoms with Gasteiger partial charge in [0.2, 0.25) is 0 Å². The third kappa shape index (κ3) is 4.37. The van der Waals surface area contributed by atoms with Crippen LogP contribution in [-0.2, 0) is 6.54 Å². The highest BCUT2D eigenvalue weighted by Crippen LogP contribution is 2.22. The molecule has 0 unspecified atom stereocenters. The van der Waals surface area contributed by atoms with Gasteiger partial charge in [-0.2, -0.15) is 0 Å². The molecule has 0 aliphatic rings. The SMILES string of the molecule is Cc1ncc(C(=O)N(C)C)c(-c2ccc(CNC(=O)c3cccnc3)cc2)n1. The third-order valence-electron chi connectivity index (χ3n) is 4.15. The number of carbonyl (C=O) groups excluding carboxylic acids is 2. The second kappa shape index (κ2) is 8.39. The third-order valence-corrected chi connectivity index (χ3v) is 4.15. The van der Waals surface area contributed by atoms with Crippen LogP contribution in [0.25, 0.3) is 11.3 Å².